The molecular weight excluding hydrogens is 270 g/mol. The third kappa shape index (κ3) is 2.74. The van der Waals surface area contributed by atoms with E-state index >= 15 is 0 Å². The molecule has 1 unspecified atom stereocenters. The van der Waals surface area contributed by atoms with Crippen molar-refractivity contribution >= 4 is 17.5 Å². The Bertz CT molecular complexity index is 663. The van der Waals surface area contributed by atoms with Crippen molar-refractivity contribution in [1.29, 1.82) is 0 Å². The maximum atomic E-state index is 11.0. The number of nitrogens with zero attached hydrogens (tertiary/aromatic N) is 1. The number of aromatic carboxylic acids is 1. The van der Waals surface area contributed by atoms with Crippen molar-refractivity contribution in [3.8, 4) is 5.75 Å². The summed E-state index contributed by atoms with van der Waals surface area (Å²) in [6.07, 6.45) is 2.18. The molecule has 1 atom stereocenters. The van der Waals surface area contributed by atoms with Crippen LogP contribution in [0.1, 0.15) is 15.9 Å². The van der Waals surface area contributed by atoms with Crippen LogP contribution in [0, 0.1) is 0 Å². The monoisotopic (exact) mass is 285 g/mol. The fraction of sp³-hybridized carbons (Fsp3) is 0.200. The van der Waals surface area contributed by atoms with Gasteiger partial charge in [0.2, 0.25) is 0 Å². The Balaban J connectivity index is 1.64. The van der Waals surface area contributed by atoms with Crippen molar-refractivity contribution in [1.82, 2.24) is 4.98 Å². The number of carboxylic acids is 1. The second-order valence-corrected chi connectivity index (χ2v) is 4.89. The van der Waals surface area contributed by atoms with E-state index in [0.717, 1.165) is 12.2 Å². The molecule has 0 aliphatic carbocycles. The standard InChI is InChI=1S/C15H15N3O3/c16-12-8-18-14(6-11(12)15(19)20)17-7-10-5-9-3-1-2-4-13(9)21-10/h1-4,6,8,10H,5,7,16H2,(H,17,18)(H,19,20). The lowest BCUT2D eigenvalue weighted by molar-refractivity contribution is 0.0698. The first-order valence-electron chi connectivity index (χ1n) is 6.61. The molecule has 1 aliphatic heterocycles. The number of carboxylic acid groups (broad SMARTS) is 1. The number of ether oxygens (including phenoxy) is 1. The van der Waals surface area contributed by atoms with E-state index in [1.807, 2.05) is 24.3 Å². The molecule has 0 radical (unpaired) electrons. The lowest BCUT2D eigenvalue weighted by atomic mass is 10.1. The maximum absolute atomic E-state index is 11.0. The van der Waals surface area contributed by atoms with E-state index in [1.165, 1.54) is 17.8 Å². The summed E-state index contributed by atoms with van der Waals surface area (Å²) in [5.41, 5.74) is 6.95. The first kappa shape index (κ1) is 13.2. The zero-order valence-corrected chi connectivity index (χ0v) is 11.2. The van der Waals surface area contributed by atoms with E-state index < -0.39 is 5.97 Å². The third-order valence-electron chi connectivity index (χ3n) is 3.39. The SMILES string of the molecule is Nc1cnc(NCC2Cc3ccccc3O2)cc1C(=O)O. The Hall–Kier alpha value is -2.76. The van der Waals surface area contributed by atoms with Crippen LogP contribution in [-0.2, 0) is 6.42 Å². The van der Waals surface area contributed by atoms with E-state index in [1.54, 1.807) is 0 Å². The van der Waals surface area contributed by atoms with Crippen molar-refractivity contribution in [2.75, 3.05) is 17.6 Å². The van der Waals surface area contributed by atoms with E-state index in [2.05, 4.69) is 10.3 Å². The van der Waals surface area contributed by atoms with Crippen LogP contribution in [0.3, 0.4) is 0 Å². The molecule has 2 heterocycles. The third-order valence-corrected chi connectivity index (χ3v) is 3.39. The molecule has 1 aromatic carbocycles. The number of hydrogen-bond acceptors (Lipinski definition) is 5. The van der Waals surface area contributed by atoms with Gasteiger partial charge in [-0.1, -0.05) is 18.2 Å². The molecule has 0 amide bonds. The lowest BCUT2D eigenvalue weighted by Crippen LogP contribution is -2.24. The number of anilines is 2. The van der Waals surface area contributed by atoms with Gasteiger partial charge in [-0.05, 0) is 17.7 Å². The Labute approximate surface area is 121 Å². The summed E-state index contributed by atoms with van der Waals surface area (Å²) >= 11 is 0. The molecule has 2 aromatic rings. The van der Waals surface area contributed by atoms with Crippen LogP contribution in [0.15, 0.2) is 36.5 Å². The predicted molar refractivity (Wildman–Crippen MR) is 78.7 cm³/mol. The second kappa shape index (κ2) is 5.32. The van der Waals surface area contributed by atoms with Gasteiger partial charge in [-0.15, -0.1) is 0 Å². The number of rotatable bonds is 4. The zero-order chi connectivity index (χ0) is 14.8. The number of benzene rings is 1. The van der Waals surface area contributed by atoms with E-state index in [9.17, 15) is 4.79 Å². The molecule has 1 aromatic heterocycles. The summed E-state index contributed by atoms with van der Waals surface area (Å²) in [5, 5.41) is 12.1. The molecule has 0 saturated carbocycles. The van der Waals surface area contributed by atoms with Crippen LogP contribution in [0.5, 0.6) is 5.75 Å². The highest BCUT2D eigenvalue weighted by molar-refractivity contribution is 5.94. The van der Waals surface area contributed by atoms with Gasteiger partial charge in [0.1, 0.15) is 17.7 Å². The number of nitrogens with one attached hydrogen (secondary N) is 1. The lowest BCUT2D eigenvalue weighted by Gasteiger charge is -2.13. The summed E-state index contributed by atoms with van der Waals surface area (Å²) in [6.45, 7) is 0.546. The number of para-hydroxylation sites is 1. The van der Waals surface area contributed by atoms with Crippen molar-refractivity contribution in [2.24, 2.45) is 0 Å². The highest BCUT2D eigenvalue weighted by Gasteiger charge is 2.22. The van der Waals surface area contributed by atoms with Crippen LogP contribution >= 0.6 is 0 Å². The molecule has 0 spiro atoms. The minimum absolute atomic E-state index is 0.00929. The maximum Gasteiger partial charge on any atom is 0.337 e. The van der Waals surface area contributed by atoms with Gasteiger partial charge in [-0.3, -0.25) is 0 Å². The fourth-order valence-electron chi connectivity index (χ4n) is 2.33. The minimum atomic E-state index is -1.07. The van der Waals surface area contributed by atoms with E-state index in [-0.39, 0.29) is 17.4 Å². The van der Waals surface area contributed by atoms with Gasteiger partial charge in [0.15, 0.2) is 0 Å². The normalized spacial score (nSPS) is 16.1. The highest BCUT2D eigenvalue weighted by Crippen LogP contribution is 2.28. The number of fused-ring (bicyclic) bond motifs is 1. The van der Waals surface area contributed by atoms with Crippen molar-refractivity contribution < 1.29 is 14.6 Å². The summed E-state index contributed by atoms with van der Waals surface area (Å²) < 4.78 is 5.80. The quantitative estimate of drug-likeness (QED) is 0.792. The summed E-state index contributed by atoms with van der Waals surface area (Å²) in [7, 11) is 0. The van der Waals surface area contributed by atoms with Gasteiger partial charge >= 0.3 is 5.97 Å². The number of nitrogens with two attached hydrogens (primary N) is 1. The summed E-state index contributed by atoms with van der Waals surface area (Å²) in [5.74, 6) is 0.310. The Morgan fingerprint density at radius 1 is 1.48 bits per heavy atom. The van der Waals surface area contributed by atoms with Gasteiger partial charge in [0, 0.05) is 6.42 Å². The Morgan fingerprint density at radius 3 is 3.05 bits per heavy atom. The molecular formula is C15H15N3O3. The molecule has 108 valence electrons. The van der Waals surface area contributed by atoms with Crippen LogP contribution in [0.4, 0.5) is 11.5 Å². The number of nitrogen functional groups attached to an aromatic ring is 1. The predicted octanol–water partition coefficient (Wildman–Crippen LogP) is 1.78. The Morgan fingerprint density at radius 2 is 2.29 bits per heavy atom. The summed E-state index contributed by atoms with van der Waals surface area (Å²) in [6, 6.07) is 9.34. The Kier molecular flexibility index (Phi) is 3.35. The van der Waals surface area contributed by atoms with Crippen LogP contribution in [0.25, 0.3) is 0 Å². The van der Waals surface area contributed by atoms with Crippen molar-refractivity contribution in [3.63, 3.8) is 0 Å². The van der Waals surface area contributed by atoms with Crippen molar-refractivity contribution in [2.45, 2.75) is 12.5 Å². The molecule has 4 N–H and O–H groups in total. The smallest absolute Gasteiger partial charge is 0.337 e. The van der Waals surface area contributed by atoms with Gasteiger partial charge in [-0.2, -0.15) is 0 Å². The molecule has 0 saturated heterocycles. The molecule has 3 rings (SSSR count). The topological polar surface area (TPSA) is 97.5 Å². The van der Waals surface area contributed by atoms with Crippen LogP contribution in [0.2, 0.25) is 0 Å². The average Bonchev–Trinajstić information content (AvgIpc) is 2.89. The van der Waals surface area contributed by atoms with Gasteiger partial charge in [0.05, 0.1) is 24.0 Å². The number of carbonyl (C=O) groups is 1. The molecule has 0 bridgehead atoms. The zero-order valence-electron chi connectivity index (χ0n) is 11.2. The highest BCUT2D eigenvalue weighted by atomic mass is 16.5. The van der Waals surface area contributed by atoms with Crippen LogP contribution < -0.4 is 15.8 Å². The largest absolute Gasteiger partial charge is 0.488 e. The molecule has 1 aliphatic rings. The second-order valence-electron chi connectivity index (χ2n) is 4.89. The van der Waals surface area contributed by atoms with Crippen LogP contribution in [-0.4, -0.2) is 28.7 Å². The fourth-order valence-corrected chi connectivity index (χ4v) is 2.33. The van der Waals surface area contributed by atoms with Gasteiger partial charge in [-0.25, -0.2) is 9.78 Å². The van der Waals surface area contributed by atoms with Crippen molar-refractivity contribution in [3.05, 3.63) is 47.7 Å². The van der Waals surface area contributed by atoms with E-state index in [4.69, 9.17) is 15.6 Å². The molecule has 0 fully saturated rings. The molecule has 21 heavy (non-hydrogen) atoms. The number of hydrogen-bond donors (Lipinski definition) is 3. The number of pyridine rings is 1. The number of aromatic nitrogens is 1. The van der Waals surface area contributed by atoms with E-state index in [0.29, 0.717) is 12.4 Å². The van der Waals surface area contributed by atoms with Gasteiger partial charge < -0.3 is 20.9 Å². The van der Waals surface area contributed by atoms with Gasteiger partial charge in [0.25, 0.3) is 0 Å². The molecule has 6 nitrogen and oxygen atoms in total. The first-order valence-corrected chi connectivity index (χ1v) is 6.61. The molecule has 6 heteroatoms. The first-order chi connectivity index (χ1) is 10.1. The summed E-state index contributed by atoms with van der Waals surface area (Å²) in [4.78, 5) is 15.1. The average molecular weight is 285 g/mol. The minimum Gasteiger partial charge on any atom is -0.488 e.